The van der Waals surface area contributed by atoms with Crippen LogP contribution < -0.4 is 10.9 Å². The Morgan fingerprint density at radius 3 is 2.57 bits per heavy atom. The number of nitro benzene ring substituents is 1. The number of H-pyrrole nitrogens is 1. The smallest absolute Gasteiger partial charge is 0.282 e. The molecule has 0 aliphatic heterocycles. The van der Waals surface area contributed by atoms with Gasteiger partial charge in [0.1, 0.15) is 0 Å². The van der Waals surface area contributed by atoms with E-state index < -0.39 is 16.7 Å². The number of benzene rings is 1. The third-order valence-corrected chi connectivity index (χ3v) is 2.55. The molecule has 0 atom stereocenters. The highest BCUT2D eigenvalue weighted by Crippen LogP contribution is 2.12. The summed E-state index contributed by atoms with van der Waals surface area (Å²) in [5, 5.41) is 16.9. The summed E-state index contributed by atoms with van der Waals surface area (Å²) in [6.45, 7) is 1.73. The number of hydrogen-bond donors (Lipinski definition) is 3. The predicted octanol–water partition coefficient (Wildman–Crippen LogP) is 0.701. The number of nitrogens with one attached hydrogen (secondary N) is 3. The van der Waals surface area contributed by atoms with Gasteiger partial charge in [0.15, 0.2) is 5.69 Å². The van der Waals surface area contributed by atoms with Crippen molar-refractivity contribution in [2.75, 3.05) is 0 Å². The van der Waals surface area contributed by atoms with Crippen molar-refractivity contribution in [2.24, 2.45) is 0 Å². The number of aryl methyl sites for hydroxylation is 1. The van der Waals surface area contributed by atoms with E-state index in [0.717, 1.165) is 6.07 Å². The van der Waals surface area contributed by atoms with E-state index in [9.17, 15) is 19.7 Å². The summed E-state index contributed by atoms with van der Waals surface area (Å²) < 4.78 is 0. The molecule has 0 saturated heterocycles. The molecule has 0 aliphatic carbocycles. The number of hydrazine groups is 1. The van der Waals surface area contributed by atoms with Crippen LogP contribution in [0.2, 0.25) is 0 Å². The molecule has 0 fully saturated rings. The standard InChI is InChI=1S/C12H11N5O4/c1-7-5-10(14-13-7)12(19)16-15-11(18)8-3-2-4-9(6-8)17(20)21/h2-6H,1H3,(H,13,14)(H,15,18)(H,16,19). The van der Waals surface area contributed by atoms with Gasteiger partial charge in [-0.3, -0.25) is 35.7 Å². The van der Waals surface area contributed by atoms with E-state index in [1.807, 2.05) is 0 Å². The zero-order valence-electron chi connectivity index (χ0n) is 10.9. The topological polar surface area (TPSA) is 130 Å². The lowest BCUT2D eigenvalue weighted by Gasteiger charge is -2.05. The Labute approximate surface area is 118 Å². The predicted molar refractivity (Wildman–Crippen MR) is 71.4 cm³/mol. The minimum Gasteiger partial charge on any atom is -0.282 e. The van der Waals surface area contributed by atoms with Crippen molar-refractivity contribution in [3.05, 3.63) is 57.4 Å². The summed E-state index contributed by atoms with van der Waals surface area (Å²) in [5.74, 6) is -1.27. The minimum atomic E-state index is -0.667. The van der Waals surface area contributed by atoms with E-state index >= 15 is 0 Å². The molecule has 2 aromatic rings. The van der Waals surface area contributed by atoms with Gasteiger partial charge in [-0.15, -0.1) is 0 Å². The summed E-state index contributed by atoms with van der Waals surface area (Å²) in [7, 11) is 0. The number of nitro groups is 1. The quantitative estimate of drug-likeness (QED) is 0.565. The van der Waals surface area contributed by atoms with Gasteiger partial charge in [-0.05, 0) is 19.1 Å². The van der Waals surface area contributed by atoms with Crippen LogP contribution in [0.25, 0.3) is 0 Å². The molecule has 3 N–H and O–H groups in total. The van der Waals surface area contributed by atoms with Gasteiger partial charge in [-0.1, -0.05) is 6.07 Å². The van der Waals surface area contributed by atoms with Crippen LogP contribution in [0.15, 0.2) is 30.3 Å². The minimum absolute atomic E-state index is 0.0581. The Hall–Kier alpha value is -3.23. The normalized spacial score (nSPS) is 9.95. The second-order valence-corrected chi connectivity index (χ2v) is 4.15. The number of aromatic nitrogens is 2. The SMILES string of the molecule is Cc1cc(C(=O)NNC(=O)c2cccc([N+](=O)[O-])c2)n[nH]1. The molecule has 1 aromatic carbocycles. The monoisotopic (exact) mass is 289 g/mol. The van der Waals surface area contributed by atoms with Gasteiger partial charge < -0.3 is 0 Å². The van der Waals surface area contributed by atoms with Gasteiger partial charge in [0.25, 0.3) is 17.5 Å². The summed E-state index contributed by atoms with van der Waals surface area (Å²) in [5.41, 5.74) is 4.99. The van der Waals surface area contributed by atoms with Gasteiger partial charge >= 0.3 is 0 Å². The maximum atomic E-state index is 11.8. The zero-order chi connectivity index (χ0) is 15.4. The fourth-order valence-corrected chi connectivity index (χ4v) is 1.54. The lowest BCUT2D eigenvalue weighted by Crippen LogP contribution is -2.41. The molecule has 21 heavy (non-hydrogen) atoms. The van der Waals surface area contributed by atoms with E-state index in [1.165, 1.54) is 24.3 Å². The molecule has 1 aromatic heterocycles. The van der Waals surface area contributed by atoms with Crippen LogP contribution in [-0.4, -0.2) is 26.9 Å². The molecular formula is C12H11N5O4. The van der Waals surface area contributed by atoms with Crippen molar-refractivity contribution in [1.82, 2.24) is 21.0 Å². The molecule has 0 saturated carbocycles. The number of non-ortho nitro benzene ring substituents is 1. The van der Waals surface area contributed by atoms with Crippen molar-refractivity contribution in [2.45, 2.75) is 6.92 Å². The number of amides is 2. The Morgan fingerprint density at radius 1 is 1.24 bits per heavy atom. The third kappa shape index (κ3) is 3.41. The first kappa shape index (κ1) is 14.2. The third-order valence-electron chi connectivity index (χ3n) is 2.55. The van der Waals surface area contributed by atoms with Gasteiger partial charge in [-0.25, -0.2) is 0 Å². The highest BCUT2D eigenvalue weighted by molar-refractivity contribution is 5.98. The molecule has 9 heteroatoms. The highest BCUT2D eigenvalue weighted by Gasteiger charge is 2.13. The molecule has 2 rings (SSSR count). The highest BCUT2D eigenvalue weighted by atomic mass is 16.6. The second-order valence-electron chi connectivity index (χ2n) is 4.15. The number of carbonyl (C=O) groups is 2. The summed E-state index contributed by atoms with van der Waals surface area (Å²) in [6, 6.07) is 6.66. The van der Waals surface area contributed by atoms with Crippen molar-refractivity contribution in [1.29, 1.82) is 0 Å². The van der Waals surface area contributed by atoms with Crippen LogP contribution in [0.3, 0.4) is 0 Å². The molecule has 108 valence electrons. The molecule has 9 nitrogen and oxygen atoms in total. The number of rotatable bonds is 3. The molecule has 0 aliphatic rings. The first-order valence-electron chi connectivity index (χ1n) is 5.84. The molecule has 0 radical (unpaired) electrons. The molecule has 0 bridgehead atoms. The van der Waals surface area contributed by atoms with Crippen molar-refractivity contribution in [3.63, 3.8) is 0 Å². The molecule has 1 heterocycles. The summed E-state index contributed by atoms with van der Waals surface area (Å²) in [4.78, 5) is 33.4. The van der Waals surface area contributed by atoms with Crippen LogP contribution in [0.4, 0.5) is 5.69 Å². The average molecular weight is 289 g/mol. The maximum absolute atomic E-state index is 11.8. The lowest BCUT2D eigenvalue weighted by molar-refractivity contribution is -0.384. The Morgan fingerprint density at radius 2 is 1.95 bits per heavy atom. The fraction of sp³-hybridized carbons (Fsp3) is 0.0833. The van der Waals surface area contributed by atoms with Crippen LogP contribution >= 0.6 is 0 Å². The average Bonchev–Trinajstić information content (AvgIpc) is 2.91. The number of carbonyl (C=O) groups excluding carboxylic acids is 2. The van der Waals surface area contributed by atoms with E-state index in [-0.39, 0.29) is 16.9 Å². The van der Waals surface area contributed by atoms with Gasteiger partial charge in [0, 0.05) is 23.4 Å². The molecular weight excluding hydrogens is 278 g/mol. The number of hydrogen-bond acceptors (Lipinski definition) is 5. The molecule has 2 amide bonds. The van der Waals surface area contributed by atoms with Crippen LogP contribution in [-0.2, 0) is 0 Å². The molecule has 0 unspecified atom stereocenters. The zero-order valence-corrected chi connectivity index (χ0v) is 10.9. The number of nitrogens with zero attached hydrogens (tertiary/aromatic N) is 2. The molecule has 0 spiro atoms. The maximum Gasteiger partial charge on any atom is 0.290 e. The first-order chi connectivity index (χ1) is 9.97. The van der Waals surface area contributed by atoms with Gasteiger partial charge in [0.2, 0.25) is 0 Å². The van der Waals surface area contributed by atoms with Crippen molar-refractivity contribution >= 4 is 17.5 Å². The second kappa shape index (κ2) is 5.82. The van der Waals surface area contributed by atoms with Gasteiger partial charge in [0.05, 0.1) is 4.92 Å². The van der Waals surface area contributed by atoms with Crippen molar-refractivity contribution < 1.29 is 14.5 Å². The lowest BCUT2D eigenvalue weighted by atomic mass is 10.2. The van der Waals surface area contributed by atoms with E-state index in [4.69, 9.17) is 0 Å². The Bertz CT molecular complexity index is 709. The largest absolute Gasteiger partial charge is 0.290 e. The number of aromatic amines is 1. The summed E-state index contributed by atoms with van der Waals surface area (Å²) in [6.07, 6.45) is 0. The van der Waals surface area contributed by atoms with Crippen LogP contribution in [0, 0.1) is 17.0 Å². The van der Waals surface area contributed by atoms with Gasteiger partial charge in [-0.2, -0.15) is 5.10 Å². The van der Waals surface area contributed by atoms with E-state index in [2.05, 4.69) is 21.0 Å². The summed E-state index contributed by atoms with van der Waals surface area (Å²) >= 11 is 0. The Balaban J connectivity index is 2.00. The fourth-order valence-electron chi connectivity index (χ4n) is 1.54. The Kier molecular flexibility index (Phi) is 3.93. The van der Waals surface area contributed by atoms with Crippen molar-refractivity contribution in [3.8, 4) is 0 Å². The first-order valence-corrected chi connectivity index (χ1v) is 5.84. The van der Waals surface area contributed by atoms with E-state index in [1.54, 1.807) is 6.92 Å². The van der Waals surface area contributed by atoms with Crippen LogP contribution in [0.5, 0.6) is 0 Å². The van der Waals surface area contributed by atoms with Crippen LogP contribution in [0.1, 0.15) is 26.5 Å². The van der Waals surface area contributed by atoms with E-state index in [0.29, 0.717) is 5.69 Å².